The van der Waals surface area contributed by atoms with Gasteiger partial charge in [-0.05, 0) is 33.6 Å². The van der Waals surface area contributed by atoms with Gasteiger partial charge in [-0.25, -0.2) is 0 Å². The number of rotatable bonds is 4. The number of nitrogens with one attached hydrogen (secondary N) is 1. The highest BCUT2D eigenvalue weighted by Crippen LogP contribution is 2.36. The third-order valence-electron chi connectivity index (χ3n) is 3.67. The second-order valence-corrected chi connectivity index (χ2v) is 6.98. The lowest BCUT2D eigenvalue weighted by atomic mass is 10.1. The van der Waals surface area contributed by atoms with Crippen LogP contribution in [-0.4, -0.2) is 36.6 Å². The number of aromatic nitrogens is 1. The molecular weight excluding hydrogens is 350 g/mol. The van der Waals surface area contributed by atoms with Gasteiger partial charge in [0.05, 0.1) is 11.6 Å². The number of nitrogens with zero attached hydrogens (tertiary/aromatic N) is 2. The van der Waals surface area contributed by atoms with Gasteiger partial charge >= 0.3 is 0 Å². The fourth-order valence-electron chi connectivity index (χ4n) is 2.65. The second-order valence-electron chi connectivity index (χ2n) is 5.03. The maximum absolute atomic E-state index is 5.36. The lowest BCUT2D eigenvalue weighted by molar-refractivity contribution is 0.155. The quantitative estimate of drug-likeness (QED) is 0.900. The minimum atomic E-state index is 0.374. The van der Waals surface area contributed by atoms with E-state index in [1.54, 1.807) is 18.4 Å². The van der Waals surface area contributed by atoms with E-state index in [1.165, 1.54) is 10.4 Å². The Morgan fingerprint density at radius 1 is 1.57 bits per heavy atom. The zero-order valence-corrected chi connectivity index (χ0v) is 14.3. The molecule has 0 saturated carbocycles. The number of methoxy groups -OCH3 is 1. The van der Waals surface area contributed by atoms with Crippen molar-refractivity contribution < 1.29 is 4.74 Å². The number of pyridine rings is 1. The summed E-state index contributed by atoms with van der Waals surface area (Å²) >= 11 is 5.25. The third kappa shape index (κ3) is 3.45. The van der Waals surface area contributed by atoms with Gasteiger partial charge in [-0.15, -0.1) is 11.3 Å². The Balaban J connectivity index is 1.78. The van der Waals surface area contributed by atoms with E-state index in [9.17, 15) is 0 Å². The molecule has 0 aromatic carbocycles. The van der Waals surface area contributed by atoms with Gasteiger partial charge < -0.3 is 10.1 Å². The molecule has 1 aliphatic rings. The van der Waals surface area contributed by atoms with Crippen LogP contribution in [0, 0.1) is 0 Å². The molecule has 1 unspecified atom stereocenters. The molecule has 0 bridgehead atoms. The average molecular weight is 368 g/mol. The van der Waals surface area contributed by atoms with Crippen molar-refractivity contribution in [3.8, 4) is 5.06 Å². The van der Waals surface area contributed by atoms with E-state index in [1.807, 2.05) is 18.5 Å². The molecule has 0 spiro atoms. The third-order valence-corrected chi connectivity index (χ3v) is 5.61. The maximum atomic E-state index is 5.36. The molecule has 21 heavy (non-hydrogen) atoms. The van der Waals surface area contributed by atoms with Gasteiger partial charge in [-0.1, -0.05) is 6.07 Å². The summed E-state index contributed by atoms with van der Waals surface area (Å²) in [6.45, 7) is 3.97. The van der Waals surface area contributed by atoms with Gasteiger partial charge in [0.1, 0.15) is 0 Å². The van der Waals surface area contributed by atoms with Crippen molar-refractivity contribution in [1.82, 2.24) is 15.2 Å². The van der Waals surface area contributed by atoms with Crippen molar-refractivity contribution in [3.05, 3.63) is 45.5 Å². The molecule has 6 heteroatoms. The molecule has 0 amide bonds. The summed E-state index contributed by atoms with van der Waals surface area (Å²) in [6.07, 6.45) is 3.79. The van der Waals surface area contributed by atoms with Gasteiger partial charge in [0.2, 0.25) is 0 Å². The molecule has 3 heterocycles. The number of halogens is 1. The first kappa shape index (κ1) is 15.0. The fourth-order valence-corrected chi connectivity index (χ4v) is 4.37. The molecule has 4 nitrogen and oxygen atoms in total. The summed E-state index contributed by atoms with van der Waals surface area (Å²) in [7, 11) is 1.71. The largest absolute Gasteiger partial charge is 0.486 e. The van der Waals surface area contributed by atoms with Gasteiger partial charge in [-0.2, -0.15) is 0 Å². The highest BCUT2D eigenvalue weighted by molar-refractivity contribution is 9.10. The smallest absolute Gasteiger partial charge is 0.188 e. The fraction of sp³-hybridized carbons (Fsp3) is 0.400. The maximum Gasteiger partial charge on any atom is 0.188 e. The van der Waals surface area contributed by atoms with E-state index in [2.05, 4.69) is 43.3 Å². The summed E-state index contributed by atoms with van der Waals surface area (Å²) in [4.78, 5) is 8.07. The van der Waals surface area contributed by atoms with Crippen LogP contribution in [0.4, 0.5) is 0 Å². The molecule has 1 saturated heterocycles. The monoisotopic (exact) mass is 367 g/mol. The minimum Gasteiger partial charge on any atom is -0.486 e. The van der Waals surface area contributed by atoms with Crippen LogP contribution >= 0.6 is 27.3 Å². The highest BCUT2D eigenvalue weighted by Gasteiger charge is 2.24. The number of piperazine rings is 1. The second kappa shape index (κ2) is 6.87. The van der Waals surface area contributed by atoms with Crippen LogP contribution in [0.25, 0.3) is 0 Å². The summed E-state index contributed by atoms with van der Waals surface area (Å²) in [5.74, 6) is 0. The van der Waals surface area contributed by atoms with Gasteiger partial charge in [-0.3, -0.25) is 9.88 Å². The first-order valence-corrected chi connectivity index (χ1v) is 8.56. The van der Waals surface area contributed by atoms with Crippen LogP contribution in [0.1, 0.15) is 16.5 Å². The average Bonchev–Trinajstić information content (AvgIpc) is 2.88. The van der Waals surface area contributed by atoms with E-state index < -0.39 is 0 Å². The molecular formula is C15H18BrN3OS. The molecule has 1 N–H and O–H groups in total. The lowest BCUT2D eigenvalue weighted by Gasteiger charge is -2.36. The number of ether oxygens (including phenoxy) is 1. The molecule has 0 radical (unpaired) electrons. The van der Waals surface area contributed by atoms with Crippen molar-refractivity contribution in [2.75, 3.05) is 26.7 Å². The van der Waals surface area contributed by atoms with Crippen LogP contribution < -0.4 is 10.1 Å². The minimum absolute atomic E-state index is 0.374. The van der Waals surface area contributed by atoms with E-state index in [0.717, 1.165) is 35.7 Å². The zero-order valence-electron chi connectivity index (χ0n) is 11.9. The first-order chi connectivity index (χ1) is 10.3. The van der Waals surface area contributed by atoms with E-state index in [4.69, 9.17) is 4.74 Å². The molecule has 1 fully saturated rings. The van der Waals surface area contributed by atoms with Crippen LogP contribution in [0.5, 0.6) is 5.06 Å². The number of hydrogen-bond acceptors (Lipinski definition) is 5. The summed E-state index contributed by atoms with van der Waals surface area (Å²) in [5.41, 5.74) is 1.27. The lowest BCUT2D eigenvalue weighted by Crippen LogP contribution is -2.45. The van der Waals surface area contributed by atoms with Crippen LogP contribution in [0.3, 0.4) is 0 Å². The van der Waals surface area contributed by atoms with Gasteiger partial charge in [0, 0.05) is 49.5 Å². The zero-order chi connectivity index (χ0) is 14.7. The van der Waals surface area contributed by atoms with Crippen molar-refractivity contribution in [3.63, 3.8) is 0 Å². The van der Waals surface area contributed by atoms with Gasteiger partial charge in [0.25, 0.3) is 0 Å². The SMILES string of the molecule is COc1sc(CN2CCNCC2c2cccnc2)cc1Br. The predicted octanol–water partition coefficient (Wildman–Crippen LogP) is 3.06. The van der Waals surface area contributed by atoms with Crippen molar-refractivity contribution >= 4 is 27.3 Å². The molecule has 1 atom stereocenters. The van der Waals surface area contributed by atoms with Crippen LogP contribution in [0.15, 0.2) is 35.1 Å². The molecule has 3 rings (SSSR count). The Kier molecular flexibility index (Phi) is 4.90. The first-order valence-electron chi connectivity index (χ1n) is 6.95. The van der Waals surface area contributed by atoms with Crippen molar-refractivity contribution in [1.29, 1.82) is 0 Å². The van der Waals surface area contributed by atoms with Crippen LogP contribution in [0.2, 0.25) is 0 Å². The Hall–Kier alpha value is -0.950. The number of thiophene rings is 1. The predicted molar refractivity (Wildman–Crippen MR) is 88.8 cm³/mol. The Morgan fingerprint density at radius 2 is 2.48 bits per heavy atom. The van der Waals surface area contributed by atoms with Crippen LogP contribution in [-0.2, 0) is 6.54 Å². The number of hydrogen-bond donors (Lipinski definition) is 1. The summed E-state index contributed by atoms with van der Waals surface area (Å²) in [6, 6.07) is 6.70. The summed E-state index contributed by atoms with van der Waals surface area (Å²) in [5, 5.41) is 4.42. The summed E-state index contributed by atoms with van der Waals surface area (Å²) < 4.78 is 6.40. The van der Waals surface area contributed by atoms with E-state index in [-0.39, 0.29) is 0 Å². The highest BCUT2D eigenvalue weighted by atomic mass is 79.9. The normalized spacial score (nSPS) is 19.6. The Bertz CT molecular complexity index is 590. The standard InChI is InChI=1S/C15H18BrN3OS/c1-20-15-13(16)7-12(21-15)10-19-6-5-18-9-14(19)11-3-2-4-17-8-11/h2-4,7-8,14,18H,5-6,9-10H2,1H3. The van der Waals surface area contributed by atoms with E-state index >= 15 is 0 Å². The van der Waals surface area contributed by atoms with E-state index in [0.29, 0.717) is 6.04 Å². The topological polar surface area (TPSA) is 37.4 Å². The molecule has 112 valence electrons. The molecule has 2 aromatic rings. The van der Waals surface area contributed by atoms with Crippen molar-refractivity contribution in [2.24, 2.45) is 0 Å². The Labute approximate surface area is 137 Å². The Morgan fingerprint density at radius 3 is 3.19 bits per heavy atom. The van der Waals surface area contributed by atoms with Gasteiger partial charge in [0.15, 0.2) is 5.06 Å². The molecule has 2 aromatic heterocycles. The van der Waals surface area contributed by atoms with Crippen molar-refractivity contribution in [2.45, 2.75) is 12.6 Å². The molecule has 0 aliphatic carbocycles. The molecule has 1 aliphatic heterocycles.